The molecule has 0 saturated carbocycles. The van der Waals surface area contributed by atoms with Crippen LogP contribution in [0.1, 0.15) is 39.5 Å². The first-order chi connectivity index (χ1) is 8.45. The van der Waals surface area contributed by atoms with Crippen LogP contribution in [0.25, 0.3) is 0 Å². The monoisotopic (exact) mass is 254 g/mol. The zero-order chi connectivity index (χ0) is 13.7. The number of hydrogen-bond donors (Lipinski definition) is 3. The molecular weight excluding hydrogens is 232 g/mol. The van der Waals surface area contributed by atoms with Gasteiger partial charge in [-0.2, -0.15) is 0 Å². The standard InChI is InChI=1S/C12H22N4O2/c1-3-4-9(13)7-8(2)16(14)10-5-6-11(17)15-12(10)18/h4,8,10H,3,5-7,13-14H2,1-2H3,(H,15,17,18)/b9-4+. The van der Waals surface area contributed by atoms with Gasteiger partial charge in [-0.3, -0.25) is 20.7 Å². The number of imide groups is 1. The van der Waals surface area contributed by atoms with Crippen molar-refractivity contribution < 1.29 is 9.59 Å². The minimum absolute atomic E-state index is 0.0447. The Labute approximate surface area is 107 Å². The SMILES string of the molecule is CC/C=C(/N)CC(C)N(N)C1CCC(=O)NC1=O. The fourth-order valence-corrected chi connectivity index (χ4v) is 2.07. The molecule has 5 N–H and O–H groups in total. The largest absolute Gasteiger partial charge is 0.402 e. The van der Waals surface area contributed by atoms with Crippen molar-refractivity contribution in [1.29, 1.82) is 0 Å². The van der Waals surface area contributed by atoms with Gasteiger partial charge in [-0.1, -0.05) is 13.0 Å². The maximum absolute atomic E-state index is 11.7. The molecule has 18 heavy (non-hydrogen) atoms. The predicted molar refractivity (Wildman–Crippen MR) is 68.8 cm³/mol. The molecule has 1 heterocycles. The second-order valence-corrected chi connectivity index (χ2v) is 4.65. The summed E-state index contributed by atoms with van der Waals surface area (Å²) in [5.74, 6) is 5.40. The average molecular weight is 254 g/mol. The van der Waals surface area contributed by atoms with Gasteiger partial charge in [0.25, 0.3) is 0 Å². The van der Waals surface area contributed by atoms with Crippen LogP contribution in [-0.2, 0) is 9.59 Å². The molecule has 6 nitrogen and oxygen atoms in total. The van der Waals surface area contributed by atoms with Crippen LogP contribution in [0.2, 0.25) is 0 Å². The van der Waals surface area contributed by atoms with E-state index in [1.807, 2.05) is 19.9 Å². The minimum Gasteiger partial charge on any atom is -0.402 e. The van der Waals surface area contributed by atoms with Crippen molar-refractivity contribution in [1.82, 2.24) is 10.3 Å². The van der Waals surface area contributed by atoms with Gasteiger partial charge in [0, 0.05) is 24.6 Å². The lowest BCUT2D eigenvalue weighted by molar-refractivity contribution is -0.138. The molecule has 1 fully saturated rings. The van der Waals surface area contributed by atoms with E-state index in [9.17, 15) is 9.59 Å². The van der Waals surface area contributed by atoms with E-state index in [2.05, 4.69) is 5.32 Å². The molecule has 0 radical (unpaired) electrons. The van der Waals surface area contributed by atoms with Crippen molar-refractivity contribution in [3.8, 4) is 0 Å². The van der Waals surface area contributed by atoms with E-state index in [0.29, 0.717) is 19.3 Å². The number of nitrogens with one attached hydrogen (secondary N) is 1. The van der Waals surface area contributed by atoms with E-state index in [1.165, 1.54) is 5.01 Å². The van der Waals surface area contributed by atoms with Crippen molar-refractivity contribution in [3.05, 3.63) is 11.8 Å². The van der Waals surface area contributed by atoms with Gasteiger partial charge in [0.2, 0.25) is 11.8 Å². The lowest BCUT2D eigenvalue weighted by Gasteiger charge is -2.33. The van der Waals surface area contributed by atoms with Gasteiger partial charge >= 0.3 is 0 Å². The molecule has 6 heteroatoms. The number of hydrazine groups is 1. The normalized spacial score (nSPS) is 23.1. The van der Waals surface area contributed by atoms with E-state index in [-0.39, 0.29) is 17.9 Å². The smallest absolute Gasteiger partial charge is 0.245 e. The van der Waals surface area contributed by atoms with Crippen LogP contribution in [0.4, 0.5) is 0 Å². The Balaban J connectivity index is 2.58. The van der Waals surface area contributed by atoms with E-state index in [4.69, 9.17) is 11.6 Å². The molecule has 0 aromatic carbocycles. The highest BCUT2D eigenvalue weighted by atomic mass is 16.2. The highest BCUT2D eigenvalue weighted by Gasteiger charge is 2.32. The van der Waals surface area contributed by atoms with Crippen molar-refractivity contribution in [2.24, 2.45) is 11.6 Å². The fraction of sp³-hybridized carbons (Fsp3) is 0.667. The Kier molecular flexibility index (Phi) is 5.30. The van der Waals surface area contributed by atoms with Crippen molar-refractivity contribution in [2.45, 2.75) is 51.6 Å². The van der Waals surface area contributed by atoms with Gasteiger partial charge in [0.1, 0.15) is 6.04 Å². The summed E-state index contributed by atoms with van der Waals surface area (Å²) < 4.78 is 0. The molecule has 2 amide bonds. The maximum atomic E-state index is 11.7. The molecule has 1 rings (SSSR count). The van der Waals surface area contributed by atoms with Gasteiger partial charge < -0.3 is 5.73 Å². The van der Waals surface area contributed by atoms with Crippen LogP contribution in [0.5, 0.6) is 0 Å². The Morgan fingerprint density at radius 3 is 2.83 bits per heavy atom. The Morgan fingerprint density at radius 2 is 2.28 bits per heavy atom. The molecule has 102 valence electrons. The van der Waals surface area contributed by atoms with Crippen molar-refractivity contribution >= 4 is 11.8 Å². The zero-order valence-corrected chi connectivity index (χ0v) is 11.0. The highest BCUT2D eigenvalue weighted by Crippen LogP contribution is 2.15. The third kappa shape index (κ3) is 3.82. The number of allylic oxidation sites excluding steroid dienone is 1. The number of amides is 2. The predicted octanol–water partition coefficient (Wildman–Crippen LogP) is -0.00150. The number of piperidine rings is 1. The van der Waals surface area contributed by atoms with Crippen molar-refractivity contribution in [3.63, 3.8) is 0 Å². The summed E-state index contributed by atoms with van der Waals surface area (Å²) in [5, 5.41) is 3.80. The second kappa shape index (κ2) is 6.51. The van der Waals surface area contributed by atoms with Gasteiger partial charge in [0.05, 0.1) is 0 Å². The number of carbonyl (C=O) groups excluding carboxylic acids is 2. The van der Waals surface area contributed by atoms with Crippen LogP contribution >= 0.6 is 0 Å². The van der Waals surface area contributed by atoms with Crippen LogP contribution in [-0.4, -0.2) is 28.9 Å². The molecule has 1 aliphatic rings. The number of nitrogens with zero attached hydrogens (tertiary/aromatic N) is 1. The highest BCUT2D eigenvalue weighted by molar-refractivity contribution is 6.00. The summed E-state index contributed by atoms with van der Waals surface area (Å²) in [5.41, 5.74) is 6.60. The molecule has 0 spiro atoms. The van der Waals surface area contributed by atoms with Gasteiger partial charge in [-0.15, -0.1) is 0 Å². The number of rotatable bonds is 5. The summed E-state index contributed by atoms with van der Waals surface area (Å²) in [4.78, 5) is 22.7. The summed E-state index contributed by atoms with van der Waals surface area (Å²) in [6, 6.07) is -0.496. The molecule has 2 atom stereocenters. The Morgan fingerprint density at radius 1 is 1.61 bits per heavy atom. The molecule has 1 saturated heterocycles. The molecule has 0 aromatic rings. The van der Waals surface area contributed by atoms with Crippen LogP contribution in [0.15, 0.2) is 11.8 Å². The van der Waals surface area contributed by atoms with E-state index >= 15 is 0 Å². The first kappa shape index (κ1) is 14.7. The molecule has 1 aliphatic heterocycles. The molecule has 0 aromatic heterocycles. The lowest BCUT2D eigenvalue weighted by atomic mass is 10.0. The maximum Gasteiger partial charge on any atom is 0.245 e. The van der Waals surface area contributed by atoms with Gasteiger partial charge in [-0.25, -0.2) is 5.01 Å². The van der Waals surface area contributed by atoms with Crippen LogP contribution in [0.3, 0.4) is 0 Å². The van der Waals surface area contributed by atoms with Gasteiger partial charge in [-0.05, 0) is 19.8 Å². The minimum atomic E-state index is -0.452. The topological polar surface area (TPSA) is 101 Å². The van der Waals surface area contributed by atoms with Crippen molar-refractivity contribution in [2.75, 3.05) is 0 Å². The summed E-state index contributed by atoms with van der Waals surface area (Å²) >= 11 is 0. The summed E-state index contributed by atoms with van der Waals surface area (Å²) in [6.07, 6.45) is 4.22. The Bertz CT molecular complexity index is 354. The zero-order valence-electron chi connectivity index (χ0n) is 11.0. The molecule has 2 unspecified atom stereocenters. The lowest BCUT2D eigenvalue weighted by Crippen LogP contribution is -2.57. The van der Waals surface area contributed by atoms with E-state index < -0.39 is 6.04 Å². The number of nitrogens with two attached hydrogens (primary N) is 2. The van der Waals surface area contributed by atoms with Crippen LogP contribution < -0.4 is 16.9 Å². The first-order valence-electron chi connectivity index (χ1n) is 6.27. The summed E-state index contributed by atoms with van der Waals surface area (Å²) in [7, 11) is 0. The van der Waals surface area contributed by atoms with E-state index in [1.54, 1.807) is 0 Å². The average Bonchev–Trinajstić information content (AvgIpc) is 2.28. The molecule has 0 bridgehead atoms. The quantitative estimate of drug-likeness (QED) is 0.364. The number of carbonyl (C=O) groups is 2. The third-order valence-electron chi connectivity index (χ3n) is 3.08. The number of hydrogen-bond acceptors (Lipinski definition) is 5. The molecule has 0 aliphatic carbocycles. The fourth-order valence-electron chi connectivity index (χ4n) is 2.07. The third-order valence-corrected chi connectivity index (χ3v) is 3.08. The molecular formula is C12H22N4O2. The van der Waals surface area contributed by atoms with E-state index in [0.717, 1.165) is 12.1 Å². The first-order valence-corrected chi connectivity index (χ1v) is 6.27. The Hall–Kier alpha value is -1.40. The van der Waals surface area contributed by atoms with Crippen LogP contribution in [0, 0.1) is 0 Å². The summed E-state index contributed by atoms with van der Waals surface area (Å²) in [6.45, 7) is 3.93. The second-order valence-electron chi connectivity index (χ2n) is 4.65. The van der Waals surface area contributed by atoms with Gasteiger partial charge in [0.15, 0.2) is 0 Å².